The molecule has 0 atom stereocenters. The van der Waals surface area contributed by atoms with Gasteiger partial charge in [-0.3, -0.25) is 0 Å². The van der Waals surface area contributed by atoms with E-state index in [-0.39, 0.29) is 0 Å². The van der Waals surface area contributed by atoms with Crippen LogP contribution < -0.4 is 0 Å². The van der Waals surface area contributed by atoms with E-state index in [0.29, 0.717) is 17.5 Å². The van der Waals surface area contributed by atoms with Gasteiger partial charge in [-0.05, 0) is 46.0 Å². The Morgan fingerprint density at radius 2 is 0.839 bits per heavy atom. The highest BCUT2D eigenvalue weighted by Gasteiger charge is 2.22. The summed E-state index contributed by atoms with van der Waals surface area (Å²) in [4.78, 5) is 15.0. The maximum Gasteiger partial charge on any atom is 0.167 e. The smallest absolute Gasteiger partial charge is 0.167 e. The molecule has 262 valence electrons. The molecule has 0 aliphatic heterocycles. The van der Waals surface area contributed by atoms with Crippen molar-refractivity contribution in [2.45, 2.75) is 0 Å². The van der Waals surface area contributed by atoms with E-state index in [9.17, 15) is 0 Å². The lowest BCUT2D eigenvalue weighted by Gasteiger charge is -2.11. The average Bonchev–Trinajstić information content (AvgIpc) is 3.86. The first-order chi connectivity index (χ1) is 27.8. The molecule has 11 aromatic rings. The monoisotopic (exact) mass is 733 g/mol. The molecule has 4 nitrogen and oxygen atoms in total. The molecule has 8 aromatic carbocycles. The van der Waals surface area contributed by atoms with Gasteiger partial charge in [0.1, 0.15) is 11.2 Å². The minimum atomic E-state index is 0.567. The number of hydrogen-bond donors (Lipinski definition) is 0. The lowest BCUT2D eigenvalue weighted by atomic mass is 9.93. The van der Waals surface area contributed by atoms with E-state index in [1.165, 1.54) is 42.4 Å². The predicted octanol–water partition coefficient (Wildman–Crippen LogP) is 14.1. The molecule has 0 unspecified atom stereocenters. The minimum Gasteiger partial charge on any atom is -0.455 e. The van der Waals surface area contributed by atoms with Crippen molar-refractivity contribution in [2.24, 2.45) is 0 Å². The fourth-order valence-electron chi connectivity index (χ4n) is 7.91. The first-order valence-electron chi connectivity index (χ1n) is 18.7. The van der Waals surface area contributed by atoms with Crippen LogP contribution in [0.15, 0.2) is 192 Å². The van der Waals surface area contributed by atoms with Crippen LogP contribution in [0.1, 0.15) is 0 Å². The summed E-state index contributed by atoms with van der Waals surface area (Å²) >= 11 is 1.85. The van der Waals surface area contributed by atoms with Crippen LogP contribution >= 0.6 is 11.3 Å². The van der Waals surface area contributed by atoms with Crippen molar-refractivity contribution < 1.29 is 4.42 Å². The molecule has 3 heterocycles. The lowest BCUT2D eigenvalue weighted by molar-refractivity contribution is 0.670. The number of fused-ring (bicyclic) bond motifs is 6. The van der Waals surface area contributed by atoms with Crippen LogP contribution in [-0.4, -0.2) is 15.0 Å². The third kappa shape index (κ3) is 5.40. The van der Waals surface area contributed by atoms with Gasteiger partial charge in [0.05, 0.1) is 5.56 Å². The van der Waals surface area contributed by atoms with E-state index < -0.39 is 0 Å². The van der Waals surface area contributed by atoms with Gasteiger partial charge in [-0.2, -0.15) is 0 Å². The second-order valence-corrected chi connectivity index (χ2v) is 15.0. The van der Waals surface area contributed by atoms with Crippen LogP contribution in [0.5, 0.6) is 0 Å². The highest BCUT2D eigenvalue weighted by molar-refractivity contribution is 7.26. The SMILES string of the molecule is c1ccc(-c2cccc(-c3ccc(-c4cccc5c4oc4c(-c6nc(-c7ccccc7)nc(-c7ccccc7)n6)cccc45)c4c3sc3ccccc34)c2)cc1. The molecule has 0 saturated heterocycles. The summed E-state index contributed by atoms with van der Waals surface area (Å²) in [6.45, 7) is 0. The Balaban J connectivity index is 1.12. The van der Waals surface area contributed by atoms with Crippen LogP contribution in [-0.2, 0) is 0 Å². The Morgan fingerprint density at radius 3 is 1.54 bits per heavy atom. The largest absolute Gasteiger partial charge is 0.455 e. The molecule has 0 bridgehead atoms. The van der Waals surface area contributed by atoms with Crippen molar-refractivity contribution in [3.8, 4) is 67.5 Å². The van der Waals surface area contributed by atoms with E-state index in [4.69, 9.17) is 19.4 Å². The van der Waals surface area contributed by atoms with Gasteiger partial charge in [-0.1, -0.05) is 170 Å². The zero-order valence-electron chi connectivity index (χ0n) is 30.1. The molecule has 5 heteroatoms. The summed E-state index contributed by atoms with van der Waals surface area (Å²) in [5.41, 5.74) is 11.3. The molecule has 0 saturated carbocycles. The fourth-order valence-corrected chi connectivity index (χ4v) is 9.18. The van der Waals surface area contributed by atoms with Gasteiger partial charge in [-0.25, -0.2) is 15.0 Å². The first kappa shape index (κ1) is 32.2. The van der Waals surface area contributed by atoms with E-state index in [2.05, 4.69) is 121 Å². The van der Waals surface area contributed by atoms with E-state index >= 15 is 0 Å². The molecule has 0 N–H and O–H groups in total. The average molecular weight is 734 g/mol. The number of thiophene rings is 1. The van der Waals surface area contributed by atoms with Crippen molar-refractivity contribution in [3.05, 3.63) is 188 Å². The Labute approximate surface area is 327 Å². The van der Waals surface area contributed by atoms with Crippen LogP contribution in [0.25, 0.3) is 110 Å². The van der Waals surface area contributed by atoms with Crippen LogP contribution in [0.3, 0.4) is 0 Å². The molecule has 56 heavy (non-hydrogen) atoms. The summed E-state index contributed by atoms with van der Waals surface area (Å²) in [5, 5.41) is 4.54. The molecule has 0 aliphatic rings. The summed E-state index contributed by atoms with van der Waals surface area (Å²) in [6, 6.07) is 65.6. The topological polar surface area (TPSA) is 51.8 Å². The normalized spacial score (nSPS) is 11.6. The standard InChI is InChI=1S/C51H31N3OS/c1-4-15-32(16-5-1)35-21-12-22-36(31-35)37-29-30-38(45-42-23-10-11-28-44(42)56-48(37)45)39-24-13-25-40-41-26-14-27-43(47(41)55-46(39)40)51-53-49(33-17-6-2-7-18-33)52-50(54-51)34-19-8-3-9-20-34/h1-31H. The lowest BCUT2D eigenvalue weighted by Crippen LogP contribution is -2.00. The number of hydrogen-bond acceptors (Lipinski definition) is 5. The zero-order chi connectivity index (χ0) is 37.0. The fraction of sp³-hybridized carbons (Fsp3) is 0. The zero-order valence-corrected chi connectivity index (χ0v) is 30.9. The van der Waals surface area contributed by atoms with Gasteiger partial charge in [0, 0.05) is 47.6 Å². The third-order valence-corrected chi connectivity index (χ3v) is 11.8. The molecular formula is C51H31N3OS. The summed E-state index contributed by atoms with van der Waals surface area (Å²) in [5.74, 6) is 1.80. The third-order valence-electron chi connectivity index (χ3n) is 10.6. The highest BCUT2D eigenvalue weighted by Crippen LogP contribution is 2.48. The van der Waals surface area contributed by atoms with E-state index in [1.54, 1.807) is 0 Å². The second-order valence-electron chi connectivity index (χ2n) is 13.9. The number of rotatable bonds is 6. The number of aromatic nitrogens is 3. The maximum absolute atomic E-state index is 7.03. The molecule has 11 rings (SSSR count). The highest BCUT2D eigenvalue weighted by atomic mass is 32.1. The molecular weight excluding hydrogens is 703 g/mol. The number of furan rings is 1. The van der Waals surface area contributed by atoms with Crippen LogP contribution in [0.4, 0.5) is 0 Å². The summed E-state index contributed by atoms with van der Waals surface area (Å²) < 4.78 is 9.55. The second kappa shape index (κ2) is 13.3. The van der Waals surface area contributed by atoms with Crippen molar-refractivity contribution in [1.82, 2.24) is 15.0 Å². The van der Waals surface area contributed by atoms with Crippen molar-refractivity contribution >= 4 is 53.4 Å². The molecule has 0 amide bonds. The van der Waals surface area contributed by atoms with E-state index in [0.717, 1.165) is 49.8 Å². The van der Waals surface area contributed by atoms with Crippen molar-refractivity contribution in [1.29, 1.82) is 0 Å². The number of para-hydroxylation sites is 2. The van der Waals surface area contributed by atoms with E-state index in [1.807, 2.05) is 78.1 Å². The van der Waals surface area contributed by atoms with Gasteiger partial charge in [0.25, 0.3) is 0 Å². The molecule has 0 spiro atoms. The number of benzene rings is 8. The minimum absolute atomic E-state index is 0.567. The van der Waals surface area contributed by atoms with Gasteiger partial charge < -0.3 is 4.42 Å². The van der Waals surface area contributed by atoms with Crippen molar-refractivity contribution in [3.63, 3.8) is 0 Å². The van der Waals surface area contributed by atoms with Crippen LogP contribution in [0, 0.1) is 0 Å². The summed E-state index contributed by atoms with van der Waals surface area (Å²) in [7, 11) is 0. The van der Waals surface area contributed by atoms with Gasteiger partial charge in [0.2, 0.25) is 0 Å². The van der Waals surface area contributed by atoms with Gasteiger partial charge in [0.15, 0.2) is 17.5 Å². The Hall–Kier alpha value is -7.21. The Kier molecular flexibility index (Phi) is 7.64. The molecule has 3 aromatic heterocycles. The van der Waals surface area contributed by atoms with Gasteiger partial charge >= 0.3 is 0 Å². The summed E-state index contributed by atoms with van der Waals surface area (Å²) in [6.07, 6.45) is 0. The molecule has 0 radical (unpaired) electrons. The van der Waals surface area contributed by atoms with Gasteiger partial charge in [-0.15, -0.1) is 11.3 Å². The van der Waals surface area contributed by atoms with Crippen LogP contribution in [0.2, 0.25) is 0 Å². The maximum atomic E-state index is 7.03. The quantitative estimate of drug-likeness (QED) is 0.171. The predicted molar refractivity (Wildman–Crippen MR) is 233 cm³/mol. The van der Waals surface area contributed by atoms with Crippen molar-refractivity contribution in [2.75, 3.05) is 0 Å². The Bertz CT molecular complexity index is 3180. The Morgan fingerprint density at radius 1 is 0.339 bits per heavy atom. The number of nitrogens with zero attached hydrogens (tertiary/aromatic N) is 3. The molecule has 0 fully saturated rings. The molecule has 0 aliphatic carbocycles. The first-order valence-corrected chi connectivity index (χ1v) is 19.5.